The van der Waals surface area contributed by atoms with Crippen molar-refractivity contribution in [3.63, 3.8) is 0 Å². The number of hydrogen-bond acceptors (Lipinski definition) is 10. The fourth-order valence-electron chi connectivity index (χ4n) is 11.7. The van der Waals surface area contributed by atoms with Crippen molar-refractivity contribution in [3.8, 4) is 57.5 Å². The zero-order valence-corrected chi connectivity index (χ0v) is 50.9. The third-order valence-electron chi connectivity index (χ3n) is 15.9. The molecule has 10 heteroatoms. The topological polar surface area (TPSA) is 92.3 Å². The van der Waals surface area contributed by atoms with Gasteiger partial charge in [0.1, 0.15) is 70.7 Å². The van der Waals surface area contributed by atoms with Gasteiger partial charge in [-0.1, -0.05) is 141 Å². The summed E-state index contributed by atoms with van der Waals surface area (Å²) in [5, 5.41) is 3.94. The first-order valence-corrected chi connectivity index (χ1v) is 31.5. The molecular weight excluding hydrogens is 1020 g/mol. The van der Waals surface area contributed by atoms with Crippen LogP contribution in [-0.2, 0) is 10.8 Å². The molecule has 82 heavy (non-hydrogen) atoms. The molecule has 6 aromatic carbocycles. The highest BCUT2D eigenvalue weighted by Gasteiger charge is 2.43. The van der Waals surface area contributed by atoms with Gasteiger partial charge in [0.2, 0.25) is 0 Å². The minimum absolute atomic E-state index is 0.292. The maximum absolute atomic E-state index is 7.11. The van der Waals surface area contributed by atoms with Gasteiger partial charge in [-0.3, -0.25) is 0 Å². The third-order valence-corrected chi connectivity index (χ3v) is 15.9. The van der Waals surface area contributed by atoms with Gasteiger partial charge >= 0.3 is 0 Å². The molecule has 0 aliphatic carbocycles. The van der Waals surface area contributed by atoms with Gasteiger partial charge < -0.3 is 47.4 Å². The first-order chi connectivity index (χ1) is 40.3. The summed E-state index contributed by atoms with van der Waals surface area (Å²) < 4.78 is 66.4. The van der Waals surface area contributed by atoms with E-state index in [1.54, 1.807) is 0 Å². The van der Waals surface area contributed by atoms with Crippen LogP contribution in [0, 0.1) is 0 Å². The van der Waals surface area contributed by atoms with Crippen LogP contribution < -0.4 is 57.8 Å². The summed E-state index contributed by atoms with van der Waals surface area (Å²) in [4.78, 5) is 0. The molecule has 442 valence electrons. The van der Waals surface area contributed by atoms with Gasteiger partial charge in [-0.05, 0) is 113 Å². The van der Waals surface area contributed by atoms with Crippen molar-refractivity contribution in [1.82, 2.24) is 0 Å². The zero-order chi connectivity index (χ0) is 57.6. The van der Waals surface area contributed by atoms with Crippen LogP contribution in [0.25, 0.3) is 22.9 Å². The molecule has 0 spiro atoms. The molecule has 2 aliphatic heterocycles. The summed E-state index contributed by atoms with van der Waals surface area (Å²) in [7, 11) is 0. The van der Waals surface area contributed by atoms with Gasteiger partial charge in [0.25, 0.3) is 0 Å². The molecule has 2 aliphatic rings. The fraction of sp³-hybridized carbons (Fsp3) is 0.500. The van der Waals surface area contributed by atoms with Crippen molar-refractivity contribution in [2.75, 3.05) is 66.1 Å². The second-order valence-corrected chi connectivity index (χ2v) is 21.9. The lowest BCUT2D eigenvalue weighted by Crippen LogP contribution is -2.41. The molecule has 2 heterocycles. The number of fused-ring (bicyclic) bond motifs is 5. The van der Waals surface area contributed by atoms with Crippen molar-refractivity contribution in [2.24, 2.45) is 0 Å². The van der Waals surface area contributed by atoms with E-state index in [1.165, 1.54) is 51.4 Å². The minimum atomic E-state index is -0.895. The number of benzene rings is 6. The highest BCUT2D eigenvalue weighted by atomic mass is 16.5. The Morgan fingerprint density at radius 2 is 0.598 bits per heavy atom. The van der Waals surface area contributed by atoms with Gasteiger partial charge in [0, 0.05) is 57.0 Å². The van der Waals surface area contributed by atoms with E-state index >= 15 is 0 Å². The van der Waals surface area contributed by atoms with E-state index in [2.05, 4.69) is 137 Å². The van der Waals surface area contributed by atoms with E-state index < -0.39 is 10.8 Å². The fourth-order valence-corrected chi connectivity index (χ4v) is 11.7. The number of rotatable bonds is 36. The van der Waals surface area contributed by atoms with E-state index in [9.17, 15) is 0 Å². The summed E-state index contributed by atoms with van der Waals surface area (Å²) in [6, 6.07) is 33.7. The second kappa shape index (κ2) is 31.1. The number of unbranched alkanes of at least 4 members (excludes halogenated alkanes) is 12. The van der Waals surface area contributed by atoms with Gasteiger partial charge in [0.15, 0.2) is 0 Å². The molecule has 0 N–H and O–H groups in total. The summed E-state index contributed by atoms with van der Waals surface area (Å²) >= 11 is 0. The Morgan fingerprint density at radius 1 is 0.317 bits per heavy atom. The molecule has 0 unspecified atom stereocenters. The van der Waals surface area contributed by atoms with E-state index in [-0.39, 0.29) is 0 Å². The Hall–Kier alpha value is -6.68. The first-order valence-electron chi connectivity index (χ1n) is 31.5. The van der Waals surface area contributed by atoms with Crippen LogP contribution in [0.3, 0.4) is 0 Å². The molecule has 0 atom stereocenters. The molecule has 0 saturated heterocycles. The van der Waals surface area contributed by atoms with Gasteiger partial charge in [0.05, 0.1) is 63.7 Å². The lowest BCUT2D eigenvalue weighted by atomic mass is 9.71. The van der Waals surface area contributed by atoms with Crippen molar-refractivity contribution >= 4 is 22.9 Å². The predicted octanol–water partition coefficient (Wildman–Crippen LogP) is 16.6. The van der Waals surface area contributed by atoms with Gasteiger partial charge in [-0.2, -0.15) is 0 Å². The minimum Gasteiger partial charge on any atom is -0.493 e. The number of hydrogen-bond donors (Lipinski definition) is 0. The summed E-state index contributed by atoms with van der Waals surface area (Å²) in [5.41, 5.74) is 2.01. The summed E-state index contributed by atoms with van der Waals surface area (Å²) in [6.07, 6.45) is 22.7. The lowest BCUT2D eigenvalue weighted by molar-refractivity contribution is 0.250. The van der Waals surface area contributed by atoms with Crippen LogP contribution in [0.1, 0.15) is 180 Å². The van der Waals surface area contributed by atoms with Gasteiger partial charge in [-0.25, -0.2) is 0 Å². The lowest BCUT2D eigenvalue weighted by Gasteiger charge is -2.38. The molecule has 0 saturated carbocycles. The molecule has 0 radical (unpaired) electrons. The zero-order valence-electron chi connectivity index (χ0n) is 50.9. The SMILES string of the molecule is CCCCCCOc1ccc(C2(c3ccc(OCCCCCC)cc3OCC)C=c3c(ccc4c5c(ccc34)OCC(c3ccc(OCCCCCC)cc3OCC)(c3ccc(OCCCCCC)cc3OCC)C=5)OC2)c(OCC)c1. The highest BCUT2D eigenvalue weighted by Crippen LogP contribution is 2.50. The first kappa shape index (κ1) is 61.4. The average Bonchev–Trinajstić information content (AvgIpc) is 2.34. The van der Waals surface area contributed by atoms with Crippen molar-refractivity contribution < 1.29 is 47.4 Å². The molecule has 0 aromatic heterocycles. The Morgan fingerprint density at radius 3 is 0.854 bits per heavy atom. The molecule has 6 aromatic rings. The Balaban J connectivity index is 1.35. The number of ether oxygens (including phenoxy) is 10. The molecular formula is C72H94O10. The van der Waals surface area contributed by atoms with E-state index in [0.29, 0.717) is 66.1 Å². The van der Waals surface area contributed by atoms with Gasteiger partial charge in [-0.15, -0.1) is 0 Å². The predicted molar refractivity (Wildman–Crippen MR) is 334 cm³/mol. The van der Waals surface area contributed by atoms with E-state index in [1.807, 2.05) is 27.7 Å². The van der Waals surface area contributed by atoms with Crippen LogP contribution in [0.2, 0.25) is 0 Å². The summed E-state index contributed by atoms with van der Waals surface area (Å²) in [5.74, 6) is 7.60. The van der Waals surface area contributed by atoms with Crippen LogP contribution in [0.5, 0.6) is 57.5 Å². The van der Waals surface area contributed by atoms with Crippen LogP contribution in [0.4, 0.5) is 0 Å². The Kier molecular flexibility index (Phi) is 23.3. The quantitative estimate of drug-likeness (QED) is 0.0354. The maximum Gasteiger partial charge on any atom is 0.127 e. The largest absolute Gasteiger partial charge is 0.493 e. The molecule has 0 amide bonds. The van der Waals surface area contributed by atoms with Crippen molar-refractivity contribution in [2.45, 2.75) is 169 Å². The Labute approximate surface area is 490 Å². The van der Waals surface area contributed by atoms with Crippen LogP contribution in [0.15, 0.2) is 97.1 Å². The standard InChI is InChI=1S/C72H94O10/c1-9-17-21-25-41-77-53-29-35-61(67(45-53)73-13-5)71(62-36-30-54(46-68(62)74-14-6)78-42-26-22-18-10-2)49-59-57-33-40-66-60(58(57)34-39-65(59)81-51-71)50-72(52-82-66,63-37-31-55(47-69(63)75-15-7)79-43-27-23-19-11-3)64-38-32-56(48-70(64)76-16-8)80-44-28-24-20-12-4/h29-40,45-50H,9-28,41-44,51-52H2,1-8H3. The smallest absolute Gasteiger partial charge is 0.127 e. The summed E-state index contributed by atoms with van der Waals surface area (Å²) in [6.45, 7) is 22.1. The molecule has 10 nitrogen and oxygen atoms in total. The molecule has 0 bridgehead atoms. The maximum atomic E-state index is 7.11. The Bertz CT molecular complexity index is 2750. The van der Waals surface area contributed by atoms with E-state index in [0.717, 1.165) is 152 Å². The van der Waals surface area contributed by atoms with Crippen molar-refractivity contribution in [3.05, 3.63) is 130 Å². The molecule has 0 fully saturated rings. The monoisotopic (exact) mass is 1120 g/mol. The second-order valence-electron chi connectivity index (χ2n) is 21.9. The van der Waals surface area contributed by atoms with Crippen molar-refractivity contribution in [1.29, 1.82) is 0 Å². The van der Waals surface area contributed by atoms with E-state index in [4.69, 9.17) is 47.4 Å². The molecule has 8 rings (SSSR count). The van der Waals surface area contributed by atoms with Crippen LogP contribution >= 0.6 is 0 Å². The average molecular weight is 1120 g/mol. The highest BCUT2D eigenvalue weighted by molar-refractivity contribution is 5.90. The third kappa shape index (κ3) is 14.7. The normalized spacial score (nSPS) is 13.8. The van der Waals surface area contributed by atoms with Crippen LogP contribution in [-0.4, -0.2) is 66.1 Å².